The molecule has 1 aliphatic rings. The molecule has 4 rings (SSSR count). The van der Waals surface area contributed by atoms with Gasteiger partial charge in [-0.25, -0.2) is 4.98 Å². The van der Waals surface area contributed by atoms with E-state index in [1.807, 2.05) is 37.3 Å². The largest absolute Gasteiger partial charge is 0.349 e. The first-order valence-corrected chi connectivity index (χ1v) is 10.9. The van der Waals surface area contributed by atoms with Crippen molar-refractivity contribution >= 4 is 23.0 Å². The van der Waals surface area contributed by atoms with E-state index >= 15 is 0 Å². The molecule has 1 saturated heterocycles. The maximum absolute atomic E-state index is 13.3. The Morgan fingerprint density at radius 1 is 1.17 bits per heavy atom. The van der Waals surface area contributed by atoms with Crippen LogP contribution in [0, 0.1) is 12.8 Å². The molecule has 6 nitrogen and oxygen atoms in total. The molecule has 0 saturated carbocycles. The van der Waals surface area contributed by atoms with Crippen LogP contribution in [0.1, 0.15) is 38.8 Å². The summed E-state index contributed by atoms with van der Waals surface area (Å²) in [6.07, 6.45) is 3.04. The van der Waals surface area contributed by atoms with Gasteiger partial charge in [-0.05, 0) is 44.0 Å². The lowest BCUT2D eigenvalue weighted by Crippen LogP contribution is -2.47. The van der Waals surface area contributed by atoms with Gasteiger partial charge in [0.1, 0.15) is 11.4 Å². The van der Waals surface area contributed by atoms with Crippen LogP contribution in [0.25, 0.3) is 10.4 Å². The topological polar surface area (TPSA) is 84.0 Å². The molecule has 0 radical (unpaired) electrons. The molecule has 3 aromatic rings. The number of ketones is 1. The second-order valence-corrected chi connectivity index (χ2v) is 8.64. The van der Waals surface area contributed by atoms with Gasteiger partial charge in [0.25, 0.3) is 5.91 Å². The molecule has 0 bridgehead atoms. The van der Waals surface area contributed by atoms with Crippen LogP contribution >= 0.6 is 11.3 Å². The summed E-state index contributed by atoms with van der Waals surface area (Å²) in [6.45, 7) is 3.14. The number of nitrogens with one attached hydrogen (secondary N) is 2. The summed E-state index contributed by atoms with van der Waals surface area (Å²) >= 11 is 1.56. The molecule has 2 aromatic heterocycles. The van der Waals surface area contributed by atoms with Crippen molar-refractivity contribution in [2.24, 2.45) is 5.92 Å². The lowest BCUT2D eigenvalue weighted by Gasteiger charge is -2.29. The van der Waals surface area contributed by atoms with Gasteiger partial charge in [0.05, 0.1) is 9.88 Å². The third kappa shape index (κ3) is 4.63. The fraction of sp³-hybridized carbons (Fsp3) is 0.304. The highest BCUT2D eigenvalue weighted by Crippen LogP contribution is 2.33. The predicted molar refractivity (Wildman–Crippen MR) is 118 cm³/mol. The first-order valence-electron chi connectivity index (χ1n) is 10.1. The minimum absolute atomic E-state index is 0.0419. The standard InChI is InChI=1S/C23H24N4O2S/c1-15-27-20(22(30-15)16-7-3-2-4-8-16)21(28)17-10-12-24-18(13-17)14-26-23(29)19-9-5-6-11-25-19/h2-9,11,17-18,24H,10,12-14H2,1H3,(H,26,29). The van der Waals surface area contributed by atoms with E-state index in [4.69, 9.17) is 0 Å². The highest BCUT2D eigenvalue weighted by molar-refractivity contribution is 7.15. The number of pyridine rings is 1. The Morgan fingerprint density at radius 2 is 1.97 bits per heavy atom. The molecular weight excluding hydrogens is 396 g/mol. The van der Waals surface area contributed by atoms with Gasteiger partial charge < -0.3 is 10.6 Å². The van der Waals surface area contributed by atoms with Crippen molar-refractivity contribution in [1.82, 2.24) is 20.6 Å². The number of carbonyl (C=O) groups excluding carboxylic acids is 2. The number of piperidine rings is 1. The smallest absolute Gasteiger partial charge is 0.269 e. The van der Waals surface area contributed by atoms with Crippen molar-refractivity contribution in [2.45, 2.75) is 25.8 Å². The number of benzene rings is 1. The fourth-order valence-electron chi connectivity index (χ4n) is 3.78. The number of aryl methyl sites for hydroxylation is 1. The first kappa shape index (κ1) is 20.4. The molecule has 1 aromatic carbocycles. The van der Waals surface area contributed by atoms with Crippen LogP contribution in [-0.4, -0.2) is 40.8 Å². The van der Waals surface area contributed by atoms with Gasteiger partial charge in [-0.1, -0.05) is 36.4 Å². The van der Waals surface area contributed by atoms with Crippen molar-refractivity contribution in [2.75, 3.05) is 13.1 Å². The summed E-state index contributed by atoms with van der Waals surface area (Å²) in [4.78, 5) is 35.2. The number of Topliss-reactive ketones (excluding diaryl/α,β-unsaturated/α-hetero) is 1. The van der Waals surface area contributed by atoms with Crippen molar-refractivity contribution in [3.05, 3.63) is 71.1 Å². The van der Waals surface area contributed by atoms with Gasteiger partial charge in [0, 0.05) is 24.7 Å². The van der Waals surface area contributed by atoms with E-state index in [0.717, 1.165) is 28.4 Å². The molecular formula is C23H24N4O2S. The quantitative estimate of drug-likeness (QED) is 0.597. The molecule has 1 aliphatic heterocycles. The second kappa shape index (κ2) is 9.28. The molecule has 1 fully saturated rings. The highest BCUT2D eigenvalue weighted by Gasteiger charge is 2.31. The molecule has 0 aliphatic carbocycles. The molecule has 7 heteroatoms. The van der Waals surface area contributed by atoms with Crippen LogP contribution in [0.2, 0.25) is 0 Å². The van der Waals surface area contributed by atoms with Crippen LogP contribution in [0.4, 0.5) is 0 Å². The summed E-state index contributed by atoms with van der Waals surface area (Å²) < 4.78 is 0. The Balaban J connectivity index is 1.43. The predicted octanol–water partition coefficient (Wildman–Crippen LogP) is 3.49. The Labute approximate surface area is 179 Å². The summed E-state index contributed by atoms with van der Waals surface area (Å²) in [5.41, 5.74) is 2.00. The van der Waals surface area contributed by atoms with Crippen LogP contribution < -0.4 is 10.6 Å². The van der Waals surface area contributed by atoms with Crippen LogP contribution in [0.5, 0.6) is 0 Å². The zero-order valence-electron chi connectivity index (χ0n) is 16.8. The van der Waals surface area contributed by atoms with E-state index in [2.05, 4.69) is 20.6 Å². The average Bonchev–Trinajstić information content (AvgIpc) is 3.20. The number of aromatic nitrogens is 2. The zero-order chi connectivity index (χ0) is 20.9. The molecule has 1 amide bonds. The Morgan fingerprint density at radius 3 is 2.73 bits per heavy atom. The maximum Gasteiger partial charge on any atom is 0.269 e. The maximum atomic E-state index is 13.3. The van der Waals surface area contributed by atoms with Crippen LogP contribution in [-0.2, 0) is 0 Å². The second-order valence-electron chi connectivity index (χ2n) is 7.44. The number of rotatable bonds is 6. The molecule has 3 heterocycles. The monoisotopic (exact) mass is 420 g/mol. The molecule has 2 atom stereocenters. The highest BCUT2D eigenvalue weighted by atomic mass is 32.1. The van der Waals surface area contributed by atoms with Gasteiger partial charge in [0.2, 0.25) is 0 Å². The van der Waals surface area contributed by atoms with Gasteiger partial charge in [-0.2, -0.15) is 0 Å². The van der Waals surface area contributed by atoms with Gasteiger partial charge >= 0.3 is 0 Å². The fourth-order valence-corrected chi connectivity index (χ4v) is 4.71. The number of carbonyl (C=O) groups is 2. The zero-order valence-corrected chi connectivity index (χ0v) is 17.6. The molecule has 2 N–H and O–H groups in total. The third-order valence-electron chi connectivity index (χ3n) is 5.28. The Kier molecular flexibility index (Phi) is 6.30. The van der Waals surface area contributed by atoms with Crippen molar-refractivity contribution in [3.8, 4) is 10.4 Å². The molecule has 0 spiro atoms. The van der Waals surface area contributed by atoms with Crippen LogP contribution in [0.15, 0.2) is 54.7 Å². The SMILES string of the molecule is Cc1nc(C(=O)C2CCNC(CNC(=O)c3ccccn3)C2)c(-c2ccccc2)s1. The normalized spacial score (nSPS) is 18.7. The lowest BCUT2D eigenvalue weighted by atomic mass is 9.87. The van der Waals surface area contributed by atoms with E-state index in [-0.39, 0.29) is 23.7 Å². The van der Waals surface area contributed by atoms with Crippen LogP contribution in [0.3, 0.4) is 0 Å². The van der Waals surface area contributed by atoms with Gasteiger partial charge in [-0.15, -0.1) is 11.3 Å². The molecule has 30 heavy (non-hydrogen) atoms. The number of amides is 1. The number of hydrogen-bond acceptors (Lipinski definition) is 6. The van der Waals surface area contributed by atoms with Crippen molar-refractivity contribution < 1.29 is 9.59 Å². The van der Waals surface area contributed by atoms with E-state index < -0.39 is 0 Å². The third-order valence-corrected chi connectivity index (χ3v) is 6.30. The van der Waals surface area contributed by atoms with Gasteiger partial charge in [-0.3, -0.25) is 14.6 Å². The van der Waals surface area contributed by atoms with E-state index in [1.165, 1.54) is 0 Å². The average molecular weight is 421 g/mol. The van der Waals surface area contributed by atoms with E-state index in [0.29, 0.717) is 24.4 Å². The number of nitrogens with zero attached hydrogens (tertiary/aromatic N) is 2. The first-order chi connectivity index (χ1) is 14.6. The van der Waals surface area contributed by atoms with E-state index in [1.54, 1.807) is 35.7 Å². The summed E-state index contributed by atoms with van der Waals surface area (Å²) in [6, 6.07) is 15.2. The summed E-state index contributed by atoms with van der Waals surface area (Å²) in [5, 5.41) is 7.22. The minimum atomic E-state index is -0.202. The van der Waals surface area contributed by atoms with E-state index in [9.17, 15) is 9.59 Å². The number of thiazole rings is 1. The minimum Gasteiger partial charge on any atom is -0.349 e. The molecule has 2 unspecified atom stereocenters. The Hall–Kier alpha value is -2.90. The summed E-state index contributed by atoms with van der Waals surface area (Å²) in [7, 11) is 0. The van der Waals surface area contributed by atoms with Crippen molar-refractivity contribution in [3.63, 3.8) is 0 Å². The lowest BCUT2D eigenvalue weighted by molar-refractivity contribution is 0.0870. The van der Waals surface area contributed by atoms with Crippen molar-refractivity contribution in [1.29, 1.82) is 0 Å². The summed E-state index contributed by atoms with van der Waals surface area (Å²) in [5.74, 6) is -0.208. The number of hydrogen-bond donors (Lipinski definition) is 2. The molecule has 154 valence electrons. The van der Waals surface area contributed by atoms with Gasteiger partial charge in [0.15, 0.2) is 5.78 Å². The Bertz CT molecular complexity index is 1020.